The number of aromatic amines is 1. The quantitative estimate of drug-likeness (QED) is 0.840. The first-order chi connectivity index (χ1) is 7.74. The van der Waals surface area contributed by atoms with Gasteiger partial charge in [0.15, 0.2) is 11.5 Å². The van der Waals surface area contributed by atoms with Crippen molar-refractivity contribution in [2.24, 2.45) is 0 Å². The molecule has 0 aliphatic carbocycles. The zero-order valence-corrected chi connectivity index (χ0v) is 9.74. The Morgan fingerprint density at radius 3 is 2.94 bits per heavy atom. The summed E-state index contributed by atoms with van der Waals surface area (Å²) in [6.45, 7) is 0.252. The third-order valence-electron chi connectivity index (χ3n) is 2.34. The molecule has 0 saturated heterocycles. The summed E-state index contributed by atoms with van der Waals surface area (Å²) in [6, 6.07) is 5.59. The summed E-state index contributed by atoms with van der Waals surface area (Å²) in [6.07, 6.45) is 0. The second-order valence-electron chi connectivity index (χ2n) is 3.40. The maximum Gasteiger partial charge on any atom is 0.231 e. The van der Waals surface area contributed by atoms with Crippen LogP contribution in [0.1, 0.15) is 0 Å². The topological polar surface area (TPSA) is 73.2 Å². The molecule has 2 heterocycles. The standard InChI is InChI=1S/C10H8BrN3O2/c11-6-1-5(7-3-9(12)14-13-7)2-8-10(6)16-4-15-8/h1-3H,4H2,(H3,12,13,14). The van der Waals surface area contributed by atoms with E-state index >= 15 is 0 Å². The number of rotatable bonds is 1. The number of benzene rings is 1. The van der Waals surface area contributed by atoms with Gasteiger partial charge in [-0.2, -0.15) is 5.10 Å². The van der Waals surface area contributed by atoms with Gasteiger partial charge in [0.05, 0.1) is 10.2 Å². The van der Waals surface area contributed by atoms with E-state index in [1.807, 2.05) is 12.1 Å². The number of nitrogen functional groups attached to an aromatic ring is 1. The van der Waals surface area contributed by atoms with Crippen molar-refractivity contribution >= 4 is 21.7 Å². The fraction of sp³-hybridized carbons (Fsp3) is 0.100. The Bertz CT molecular complexity index is 553. The number of hydrogen-bond acceptors (Lipinski definition) is 4. The van der Waals surface area contributed by atoms with Gasteiger partial charge in [-0.05, 0) is 28.1 Å². The fourth-order valence-corrected chi connectivity index (χ4v) is 2.16. The molecular formula is C10H8BrN3O2. The third-order valence-corrected chi connectivity index (χ3v) is 2.92. The number of fused-ring (bicyclic) bond motifs is 1. The Hall–Kier alpha value is -1.69. The largest absolute Gasteiger partial charge is 0.454 e. The van der Waals surface area contributed by atoms with E-state index in [9.17, 15) is 0 Å². The summed E-state index contributed by atoms with van der Waals surface area (Å²) in [5.41, 5.74) is 7.35. The lowest BCUT2D eigenvalue weighted by Gasteiger charge is -2.02. The van der Waals surface area contributed by atoms with Crippen LogP contribution >= 0.6 is 15.9 Å². The van der Waals surface area contributed by atoms with Gasteiger partial charge in [-0.3, -0.25) is 5.10 Å². The van der Waals surface area contributed by atoms with Crippen molar-refractivity contribution in [3.63, 3.8) is 0 Å². The highest BCUT2D eigenvalue weighted by Crippen LogP contribution is 2.42. The van der Waals surface area contributed by atoms with E-state index < -0.39 is 0 Å². The molecule has 0 spiro atoms. The number of halogens is 1. The lowest BCUT2D eigenvalue weighted by Crippen LogP contribution is -1.93. The van der Waals surface area contributed by atoms with Crippen LogP contribution in [0, 0.1) is 0 Å². The Morgan fingerprint density at radius 2 is 2.19 bits per heavy atom. The summed E-state index contributed by atoms with van der Waals surface area (Å²) < 4.78 is 11.5. The maximum atomic E-state index is 5.56. The summed E-state index contributed by atoms with van der Waals surface area (Å²) in [5, 5.41) is 6.73. The number of hydrogen-bond donors (Lipinski definition) is 2. The number of aromatic nitrogens is 2. The lowest BCUT2D eigenvalue weighted by molar-refractivity contribution is 0.173. The first kappa shape index (κ1) is 9.53. The van der Waals surface area contributed by atoms with Gasteiger partial charge in [-0.15, -0.1) is 0 Å². The van der Waals surface area contributed by atoms with Crippen molar-refractivity contribution in [3.05, 3.63) is 22.7 Å². The molecule has 0 radical (unpaired) electrons. The molecule has 0 atom stereocenters. The molecule has 5 nitrogen and oxygen atoms in total. The minimum Gasteiger partial charge on any atom is -0.454 e. The van der Waals surface area contributed by atoms with E-state index in [1.165, 1.54) is 0 Å². The minimum atomic E-state index is 0.252. The first-order valence-electron chi connectivity index (χ1n) is 4.64. The molecule has 0 amide bonds. The second-order valence-corrected chi connectivity index (χ2v) is 4.25. The first-order valence-corrected chi connectivity index (χ1v) is 5.44. The third kappa shape index (κ3) is 1.42. The number of H-pyrrole nitrogens is 1. The normalized spacial score (nSPS) is 13.1. The molecule has 1 aromatic heterocycles. The number of anilines is 1. The van der Waals surface area contributed by atoms with Gasteiger partial charge >= 0.3 is 0 Å². The van der Waals surface area contributed by atoms with E-state index in [0.29, 0.717) is 5.82 Å². The van der Waals surface area contributed by atoms with Crippen molar-refractivity contribution in [3.8, 4) is 22.8 Å². The summed E-state index contributed by atoms with van der Waals surface area (Å²) in [5.74, 6) is 1.91. The Labute approximate surface area is 99.7 Å². The molecule has 0 fully saturated rings. The van der Waals surface area contributed by atoms with Crippen molar-refractivity contribution in [2.45, 2.75) is 0 Å². The van der Waals surface area contributed by atoms with Gasteiger partial charge in [-0.25, -0.2) is 0 Å². The van der Waals surface area contributed by atoms with Crippen LogP contribution in [0.25, 0.3) is 11.3 Å². The Kier molecular flexibility index (Phi) is 2.03. The van der Waals surface area contributed by atoms with Crippen LogP contribution in [0.4, 0.5) is 5.82 Å². The van der Waals surface area contributed by atoms with E-state index in [0.717, 1.165) is 27.2 Å². The summed E-state index contributed by atoms with van der Waals surface area (Å²) in [7, 11) is 0. The highest BCUT2D eigenvalue weighted by Gasteiger charge is 2.18. The highest BCUT2D eigenvalue weighted by atomic mass is 79.9. The van der Waals surface area contributed by atoms with Crippen molar-refractivity contribution in [1.82, 2.24) is 10.2 Å². The molecule has 2 aromatic rings. The van der Waals surface area contributed by atoms with Crippen LogP contribution in [-0.2, 0) is 0 Å². The van der Waals surface area contributed by atoms with Gasteiger partial charge in [0.2, 0.25) is 6.79 Å². The lowest BCUT2D eigenvalue weighted by atomic mass is 10.1. The Balaban J connectivity index is 2.12. The molecule has 0 saturated carbocycles. The molecule has 6 heteroatoms. The summed E-state index contributed by atoms with van der Waals surface area (Å²) >= 11 is 3.43. The number of nitrogens with two attached hydrogens (primary N) is 1. The smallest absolute Gasteiger partial charge is 0.231 e. The second kappa shape index (κ2) is 3.41. The predicted octanol–water partition coefficient (Wildman–Crippen LogP) is 2.15. The van der Waals surface area contributed by atoms with E-state index in [4.69, 9.17) is 15.2 Å². The minimum absolute atomic E-state index is 0.252. The van der Waals surface area contributed by atoms with Crippen LogP contribution in [0.3, 0.4) is 0 Å². The summed E-state index contributed by atoms with van der Waals surface area (Å²) in [4.78, 5) is 0. The molecule has 1 aliphatic rings. The van der Waals surface area contributed by atoms with Gasteiger partial charge in [0, 0.05) is 11.6 Å². The SMILES string of the molecule is Nc1cc(-c2cc(Br)c3c(c2)OCO3)[nH]n1. The van der Waals surface area contributed by atoms with Crippen molar-refractivity contribution < 1.29 is 9.47 Å². The molecule has 82 valence electrons. The number of nitrogens with one attached hydrogen (secondary N) is 1. The predicted molar refractivity (Wildman–Crippen MR) is 62.3 cm³/mol. The van der Waals surface area contributed by atoms with Gasteiger partial charge in [-0.1, -0.05) is 0 Å². The molecule has 1 aliphatic heterocycles. The Morgan fingerprint density at radius 1 is 1.31 bits per heavy atom. The van der Waals surface area contributed by atoms with E-state index in [2.05, 4.69) is 26.1 Å². The zero-order chi connectivity index (χ0) is 11.1. The van der Waals surface area contributed by atoms with Crippen LogP contribution in [0.15, 0.2) is 22.7 Å². The van der Waals surface area contributed by atoms with Crippen LogP contribution in [-0.4, -0.2) is 17.0 Å². The molecule has 1 aromatic carbocycles. The number of ether oxygens (including phenoxy) is 2. The van der Waals surface area contributed by atoms with Gasteiger partial charge < -0.3 is 15.2 Å². The molecule has 0 unspecified atom stereocenters. The number of nitrogens with zero attached hydrogens (tertiary/aromatic N) is 1. The average Bonchev–Trinajstić information content (AvgIpc) is 2.85. The van der Waals surface area contributed by atoms with Crippen molar-refractivity contribution in [2.75, 3.05) is 12.5 Å². The van der Waals surface area contributed by atoms with Crippen LogP contribution in [0.2, 0.25) is 0 Å². The highest BCUT2D eigenvalue weighted by molar-refractivity contribution is 9.10. The molecule has 0 bridgehead atoms. The molecular weight excluding hydrogens is 274 g/mol. The van der Waals surface area contributed by atoms with E-state index in [-0.39, 0.29) is 6.79 Å². The van der Waals surface area contributed by atoms with E-state index in [1.54, 1.807) is 6.07 Å². The molecule has 3 rings (SSSR count). The average molecular weight is 282 g/mol. The maximum absolute atomic E-state index is 5.56. The van der Waals surface area contributed by atoms with Crippen molar-refractivity contribution in [1.29, 1.82) is 0 Å². The molecule has 3 N–H and O–H groups in total. The zero-order valence-electron chi connectivity index (χ0n) is 8.16. The van der Waals surface area contributed by atoms with Gasteiger partial charge in [0.1, 0.15) is 5.82 Å². The fourth-order valence-electron chi connectivity index (χ4n) is 1.61. The van der Waals surface area contributed by atoms with Gasteiger partial charge in [0.25, 0.3) is 0 Å². The van der Waals surface area contributed by atoms with Crippen LogP contribution in [0.5, 0.6) is 11.5 Å². The van der Waals surface area contributed by atoms with Crippen LogP contribution < -0.4 is 15.2 Å². The monoisotopic (exact) mass is 281 g/mol. The molecule has 16 heavy (non-hydrogen) atoms.